The number of piperidine rings is 1. The van der Waals surface area contributed by atoms with Crippen LogP contribution in [0, 0.1) is 18.8 Å². The Bertz CT molecular complexity index is 597. The fourth-order valence-corrected chi connectivity index (χ4v) is 3.31. The molecule has 0 spiro atoms. The lowest BCUT2D eigenvalue weighted by molar-refractivity contribution is 0.0966. The summed E-state index contributed by atoms with van der Waals surface area (Å²) in [6.07, 6.45) is 10.1. The second kappa shape index (κ2) is 6.93. The van der Waals surface area contributed by atoms with Gasteiger partial charge >= 0.3 is 0 Å². The van der Waals surface area contributed by atoms with Crippen molar-refractivity contribution >= 4 is 5.91 Å². The van der Waals surface area contributed by atoms with E-state index in [1.807, 2.05) is 31.2 Å². The van der Waals surface area contributed by atoms with Gasteiger partial charge in [-0.15, -0.1) is 0 Å². The quantitative estimate of drug-likeness (QED) is 0.899. The highest BCUT2D eigenvalue weighted by Gasteiger charge is 2.22. The predicted molar refractivity (Wildman–Crippen MR) is 89.6 cm³/mol. The highest BCUT2D eigenvalue weighted by atomic mass is 16.1. The zero-order valence-corrected chi connectivity index (χ0v) is 13.1. The molecule has 3 rings (SSSR count). The van der Waals surface area contributed by atoms with Gasteiger partial charge in [-0.25, -0.2) is 0 Å². The molecule has 22 heavy (non-hydrogen) atoms. The van der Waals surface area contributed by atoms with E-state index in [4.69, 9.17) is 0 Å². The number of allylic oxidation sites excluding steroid dienone is 3. The van der Waals surface area contributed by atoms with E-state index in [1.165, 1.54) is 12.8 Å². The largest absolute Gasteiger partial charge is 0.322 e. The first-order valence-corrected chi connectivity index (χ1v) is 8.19. The number of carbonyl (C=O) groups is 1. The van der Waals surface area contributed by atoms with Gasteiger partial charge < -0.3 is 10.6 Å². The Kier molecular flexibility index (Phi) is 4.74. The van der Waals surface area contributed by atoms with Crippen molar-refractivity contribution < 1.29 is 4.79 Å². The summed E-state index contributed by atoms with van der Waals surface area (Å²) < 4.78 is 0. The summed E-state index contributed by atoms with van der Waals surface area (Å²) in [5.41, 5.74) is 2.74. The van der Waals surface area contributed by atoms with Crippen LogP contribution in [-0.4, -0.2) is 19.0 Å². The first-order chi connectivity index (χ1) is 10.7. The summed E-state index contributed by atoms with van der Waals surface area (Å²) in [6.45, 7) is 4.27. The number of rotatable bonds is 3. The Labute approximate surface area is 132 Å². The molecule has 1 aromatic carbocycles. The lowest BCUT2D eigenvalue weighted by Gasteiger charge is -2.30. The van der Waals surface area contributed by atoms with Crippen LogP contribution >= 0.6 is 0 Å². The maximum atomic E-state index is 12.3. The fourth-order valence-electron chi connectivity index (χ4n) is 3.31. The van der Waals surface area contributed by atoms with Crippen molar-refractivity contribution in [1.29, 1.82) is 0 Å². The molecule has 1 unspecified atom stereocenters. The summed E-state index contributed by atoms with van der Waals surface area (Å²) in [6, 6.07) is 7.69. The summed E-state index contributed by atoms with van der Waals surface area (Å²) in [5, 5.41) is 6.48. The Morgan fingerprint density at radius 1 is 1.36 bits per heavy atom. The van der Waals surface area contributed by atoms with Crippen molar-refractivity contribution in [3.05, 3.63) is 59.3 Å². The second-order valence-corrected chi connectivity index (χ2v) is 6.35. The van der Waals surface area contributed by atoms with Gasteiger partial charge in [-0.05, 0) is 69.3 Å². The molecule has 2 atom stereocenters. The Balaban J connectivity index is 1.57. The first kappa shape index (κ1) is 15.0. The molecular weight excluding hydrogens is 272 g/mol. The summed E-state index contributed by atoms with van der Waals surface area (Å²) >= 11 is 0. The molecule has 1 heterocycles. The van der Waals surface area contributed by atoms with E-state index in [9.17, 15) is 4.79 Å². The average molecular weight is 296 g/mol. The summed E-state index contributed by atoms with van der Waals surface area (Å²) in [4.78, 5) is 12.3. The molecule has 0 aromatic heterocycles. The molecule has 1 fully saturated rings. The molecular formula is C19H24N2O. The molecule has 1 amide bonds. The van der Waals surface area contributed by atoms with Crippen LogP contribution in [0.5, 0.6) is 0 Å². The van der Waals surface area contributed by atoms with Crippen LogP contribution in [0.4, 0.5) is 0 Å². The van der Waals surface area contributed by atoms with Gasteiger partial charge in [-0.3, -0.25) is 4.79 Å². The molecule has 1 saturated heterocycles. The average Bonchev–Trinajstić information content (AvgIpc) is 2.56. The Morgan fingerprint density at radius 3 is 2.95 bits per heavy atom. The third kappa shape index (κ3) is 3.66. The third-order valence-electron chi connectivity index (χ3n) is 4.61. The van der Waals surface area contributed by atoms with Gasteiger partial charge in [0.2, 0.25) is 0 Å². The van der Waals surface area contributed by atoms with Gasteiger partial charge in [0.15, 0.2) is 0 Å². The SMILES string of the molecule is Cc1cccc(C(=O)NC2=CCC([C@@H]3CCCNC3)C=C2)c1. The third-order valence-corrected chi connectivity index (χ3v) is 4.61. The number of amides is 1. The second-order valence-electron chi connectivity index (χ2n) is 6.35. The van der Waals surface area contributed by atoms with Crippen LogP contribution in [0.25, 0.3) is 0 Å². The molecule has 1 aliphatic heterocycles. The summed E-state index contributed by atoms with van der Waals surface area (Å²) in [7, 11) is 0. The van der Waals surface area contributed by atoms with E-state index < -0.39 is 0 Å². The van der Waals surface area contributed by atoms with Gasteiger partial charge in [0.05, 0.1) is 0 Å². The van der Waals surface area contributed by atoms with Gasteiger partial charge in [-0.1, -0.05) is 29.8 Å². The smallest absolute Gasteiger partial charge is 0.255 e. The minimum absolute atomic E-state index is 0.0302. The normalized spacial score (nSPS) is 24.7. The highest BCUT2D eigenvalue weighted by Crippen LogP contribution is 2.27. The standard InChI is InChI=1S/C19H24N2O/c1-14-4-2-5-16(12-14)19(22)21-18-9-7-15(8-10-18)17-6-3-11-20-13-17/h2,4-5,7,9-10,12,15,17,20H,3,6,8,11,13H2,1H3,(H,21,22)/t15?,17-/m1/s1. The number of nitrogens with one attached hydrogen (secondary N) is 2. The Hall–Kier alpha value is -1.87. The highest BCUT2D eigenvalue weighted by molar-refractivity contribution is 5.95. The number of hydrogen-bond donors (Lipinski definition) is 2. The molecule has 116 valence electrons. The van der Waals surface area contributed by atoms with E-state index in [1.54, 1.807) is 0 Å². The van der Waals surface area contributed by atoms with Crippen molar-refractivity contribution in [2.24, 2.45) is 11.8 Å². The fraction of sp³-hybridized carbons (Fsp3) is 0.421. The lowest BCUT2D eigenvalue weighted by Crippen LogP contribution is -2.34. The number of carbonyl (C=O) groups excluding carboxylic acids is 1. The molecule has 3 nitrogen and oxygen atoms in total. The van der Waals surface area contributed by atoms with E-state index >= 15 is 0 Å². The molecule has 2 N–H and O–H groups in total. The van der Waals surface area contributed by atoms with E-state index in [2.05, 4.69) is 28.9 Å². The van der Waals surface area contributed by atoms with Gasteiger partial charge in [0.1, 0.15) is 0 Å². The van der Waals surface area contributed by atoms with Crippen molar-refractivity contribution in [1.82, 2.24) is 10.6 Å². The molecule has 0 bridgehead atoms. The van der Waals surface area contributed by atoms with E-state index in [0.717, 1.165) is 36.7 Å². The summed E-state index contributed by atoms with van der Waals surface area (Å²) in [5.74, 6) is 1.31. The van der Waals surface area contributed by atoms with Crippen molar-refractivity contribution in [2.75, 3.05) is 13.1 Å². The number of hydrogen-bond acceptors (Lipinski definition) is 2. The minimum Gasteiger partial charge on any atom is -0.322 e. The topological polar surface area (TPSA) is 41.1 Å². The van der Waals surface area contributed by atoms with Crippen molar-refractivity contribution in [2.45, 2.75) is 26.2 Å². The number of aryl methyl sites for hydroxylation is 1. The zero-order valence-electron chi connectivity index (χ0n) is 13.1. The molecule has 1 aliphatic carbocycles. The minimum atomic E-state index is -0.0302. The van der Waals surface area contributed by atoms with E-state index in [-0.39, 0.29) is 5.91 Å². The van der Waals surface area contributed by atoms with Crippen LogP contribution in [0.1, 0.15) is 35.2 Å². The van der Waals surface area contributed by atoms with Crippen LogP contribution < -0.4 is 10.6 Å². The maximum Gasteiger partial charge on any atom is 0.255 e. The monoisotopic (exact) mass is 296 g/mol. The van der Waals surface area contributed by atoms with Crippen LogP contribution in [0.3, 0.4) is 0 Å². The molecule has 2 aliphatic rings. The predicted octanol–water partition coefficient (Wildman–Crippen LogP) is 3.18. The molecule has 0 saturated carbocycles. The molecule has 0 radical (unpaired) electrons. The Morgan fingerprint density at radius 2 is 2.27 bits per heavy atom. The molecule has 1 aromatic rings. The van der Waals surface area contributed by atoms with Crippen LogP contribution in [-0.2, 0) is 0 Å². The van der Waals surface area contributed by atoms with Gasteiger partial charge in [-0.2, -0.15) is 0 Å². The zero-order chi connectivity index (χ0) is 15.4. The lowest BCUT2D eigenvalue weighted by atomic mass is 9.82. The van der Waals surface area contributed by atoms with Crippen molar-refractivity contribution in [3.8, 4) is 0 Å². The van der Waals surface area contributed by atoms with Crippen LogP contribution in [0.15, 0.2) is 48.2 Å². The van der Waals surface area contributed by atoms with Crippen LogP contribution in [0.2, 0.25) is 0 Å². The maximum absolute atomic E-state index is 12.3. The molecule has 3 heteroatoms. The van der Waals surface area contributed by atoms with Gasteiger partial charge in [0.25, 0.3) is 5.91 Å². The van der Waals surface area contributed by atoms with E-state index in [0.29, 0.717) is 11.5 Å². The first-order valence-electron chi connectivity index (χ1n) is 8.19. The number of benzene rings is 1. The van der Waals surface area contributed by atoms with Crippen molar-refractivity contribution in [3.63, 3.8) is 0 Å². The van der Waals surface area contributed by atoms with Gasteiger partial charge in [0, 0.05) is 11.3 Å².